The summed E-state index contributed by atoms with van der Waals surface area (Å²) in [6.07, 6.45) is 5.56. The third-order valence-electron chi connectivity index (χ3n) is 4.20. The number of esters is 1. The molecule has 0 spiro atoms. The normalized spacial score (nSPS) is 17.0. The van der Waals surface area contributed by atoms with Crippen molar-refractivity contribution in [2.45, 2.75) is 35.8 Å². The van der Waals surface area contributed by atoms with Crippen molar-refractivity contribution < 1.29 is 13.9 Å². The third-order valence-corrected chi connectivity index (χ3v) is 5.01. The molecular formula is C17H17N5O3S. The minimum absolute atomic E-state index is 0.266. The number of furan rings is 1. The van der Waals surface area contributed by atoms with Crippen molar-refractivity contribution in [3.05, 3.63) is 54.1 Å². The number of hydrogen-bond donors (Lipinski definition) is 1. The predicted octanol–water partition coefficient (Wildman–Crippen LogP) is 2.04. The average molecular weight is 371 g/mol. The molecule has 1 aliphatic rings. The predicted molar refractivity (Wildman–Crippen MR) is 92.2 cm³/mol. The lowest BCUT2D eigenvalue weighted by atomic mass is 10.0. The number of nitrogens with one attached hydrogen (secondary N) is 1. The molecule has 0 fully saturated rings. The first kappa shape index (κ1) is 16.8. The van der Waals surface area contributed by atoms with E-state index in [-0.39, 0.29) is 12.0 Å². The number of aromatic nitrogens is 4. The van der Waals surface area contributed by atoms with Gasteiger partial charge in [0.2, 0.25) is 0 Å². The van der Waals surface area contributed by atoms with Crippen molar-refractivity contribution in [2.24, 2.45) is 0 Å². The number of nitrogens with zero attached hydrogens (tertiary/aromatic N) is 4. The molecule has 1 unspecified atom stereocenters. The fourth-order valence-corrected chi connectivity index (χ4v) is 3.64. The lowest BCUT2D eigenvalue weighted by Gasteiger charge is -2.32. The number of methoxy groups -OCH3 is 1. The maximum Gasteiger partial charge on any atom is 0.323 e. The smallest absolute Gasteiger partial charge is 0.323 e. The van der Waals surface area contributed by atoms with Crippen LogP contribution in [0.2, 0.25) is 0 Å². The zero-order valence-electron chi connectivity index (χ0n) is 14.1. The molecule has 0 saturated heterocycles. The average Bonchev–Trinajstić information content (AvgIpc) is 3.30. The van der Waals surface area contributed by atoms with Gasteiger partial charge in [-0.05, 0) is 30.0 Å². The summed E-state index contributed by atoms with van der Waals surface area (Å²) in [7, 11) is 1.40. The van der Waals surface area contributed by atoms with E-state index in [1.165, 1.54) is 18.9 Å². The van der Waals surface area contributed by atoms with E-state index in [4.69, 9.17) is 9.15 Å². The molecule has 1 atom stereocenters. The lowest BCUT2D eigenvalue weighted by Crippen LogP contribution is -2.45. The second-order valence-corrected chi connectivity index (χ2v) is 6.80. The van der Waals surface area contributed by atoms with Gasteiger partial charge in [-0.3, -0.25) is 9.69 Å². The lowest BCUT2D eigenvalue weighted by molar-refractivity contribution is -0.148. The van der Waals surface area contributed by atoms with E-state index in [2.05, 4.69) is 19.9 Å². The Kier molecular flexibility index (Phi) is 4.72. The van der Waals surface area contributed by atoms with E-state index in [9.17, 15) is 4.79 Å². The van der Waals surface area contributed by atoms with E-state index < -0.39 is 0 Å². The van der Waals surface area contributed by atoms with E-state index in [1.54, 1.807) is 24.8 Å². The molecule has 0 saturated carbocycles. The number of fused-ring (bicyclic) bond motifs is 1. The van der Waals surface area contributed by atoms with Gasteiger partial charge in [0.15, 0.2) is 10.2 Å². The Balaban J connectivity index is 1.49. The molecule has 0 aromatic carbocycles. The first-order chi connectivity index (χ1) is 12.7. The van der Waals surface area contributed by atoms with Gasteiger partial charge in [0.25, 0.3) is 0 Å². The fourth-order valence-electron chi connectivity index (χ4n) is 2.95. The Morgan fingerprint density at radius 1 is 1.38 bits per heavy atom. The summed E-state index contributed by atoms with van der Waals surface area (Å²) < 4.78 is 10.8. The van der Waals surface area contributed by atoms with Crippen molar-refractivity contribution in [1.82, 2.24) is 24.8 Å². The summed E-state index contributed by atoms with van der Waals surface area (Å²) in [6.45, 7) is 1.08. The van der Waals surface area contributed by atoms with Gasteiger partial charge in [0.05, 0.1) is 31.4 Å². The number of aromatic amines is 1. The summed E-state index contributed by atoms with van der Waals surface area (Å²) >= 11 is 1.36. The van der Waals surface area contributed by atoms with Crippen LogP contribution in [0.15, 0.2) is 51.6 Å². The maximum atomic E-state index is 12.2. The Hall–Kier alpha value is -2.65. The van der Waals surface area contributed by atoms with Crippen LogP contribution in [-0.4, -0.2) is 44.0 Å². The Labute approximate surface area is 154 Å². The minimum Gasteiger partial charge on any atom is -0.468 e. The van der Waals surface area contributed by atoms with Gasteiger partial charge in [-0.25, -0.2) is 15.0 Å². The first-order valence-corrected chi connectivity index (χ1v) is 8.91. The highest BCUT2D eigenvalue weighted by molar-refractivity contribution is 7.99. The topological polar surface area (TPSA) is 97.1 Å². The standard InChI is InChI=1S/C17H17N5O3S/c1-24-16(23)14-7-12-13(21-10-20-12)9-22(14)8-11-3-4-15(25-11)26-17-18-5-2-6-19-17/h2-6,10,14H,7-9H2,1H3,(H,20,21). The molecule has 1 N–H and O–H groups in total. The van der Waals surface area contributed by atoms with Crippen LogP contribution < -0.4 is 0 Å². The maximum absolute atomic E-state index is 12.2. The summed E-state index contributed by atoms with van der Waals surface area (Å²) in [5, 5.41) is 1.33. The summed E-state index contributed by atoms with van der Waals surface area (Å²) in [5.74, 6) is 0.498. The summed E-state index contributed by atoms with van der Waals surface area (Å²) in [4.78, 5) is 30.0. The molecule has 0 bridgehead atoms. The van der Waals surface area contributed by atoms with Gasteiger partial charge >= 0.3 is 5.97 Å². The molecule has 1 aliphatic heterocycles. The van der Waals surface area contributed by atoms with Gasteiger partial charge in [0, 0.05) is 25.4 Å². The minimum atomic E-state index is -0.380. The molecule has 0 aliphatic carbocycles. The number of rotatable bonds is 5. The molecule has 0 radical (unpaired) electrons. The highest BCUT2D eigenvalue weighted by Gasteiger charge is 2.34. The Morgan fingerprint density at radius 3 is 3.04 bits per heavy atom. The molecule has 3 aromatic rings. The van der Waals surface area contributed by atoms with Crippen LogP contribution in [0.3, 0.4) is 0 Å². The molecule has 0 amide bonds. The molecular weight excluding hydrogens is 354 g/mol. The van der Waals surface area contributed by atoms with Gasteiger partial charge < -0.3 is 14.1 Å². The van der Waals surface area contributed by atoms with Gasteiger partial charge in [0.1, 0.15) is 11.8 Å². The molecule has 4 rings (SSSR count). The van der Waals surface area contributed by atoms with E-state index in [1.807, 2.05) is 17.0 Å². The highest BCUT2D eigenvalue weighted by Crippen LogP contribution is 2.28. The fraction of sp³-hybridized carbons (Fsp3) is 0.294. The zero-order valence-corrected chi connectivity index (χ0v) is 14.9. The molecule has 3 aromatic heterocycles. The van der Waals surface area contributed by atoms with Gasteiger partial charge in [-0.1, -0.05) is 0 Å². The number of carbonyl (C=O) groups is 1. The van der Waals surface area contributed by atoms with Crippen LogP contribution in [0.4, 0.5) is 0 Å². The number of imidazole rings is 1. The van der Waals surface area contributed by atoms with Gasteiger partial charge in [-0.15, -0.1) is 0 Å². The first-order valence-electron chi connectivity index (χ1n) is 8.09. The van der Waals surface area contributed by atoms with Gasteiger partial charge in [-0.2, -0.15) is 0 Å². The quantitative estimate of drug-likeness (QED) is 0.538. The zero-order chi connectivity index (χ0) is 17.9. The number of H-pyrrole nitrogens is 1. The second kappa shape index (κ2) is 7.30. The van der Waals surface area contributed by atoms with Crippen LogP contribution in [0.25, 0.3) is 0 Å². The van der Waals surface area contributed by atoms with E-state index >= 15 is 0 Å². The number of ether oxygens (including phenoxy) is 1. The largest absolute Gasteiger partial charge is 0.468 e. The summed E-state index contributed by atoms with van der Waals surface area (Å²) in [5.41, 5.74) is 1.93. The Morgan fingerprint density at radius 2 is 2.23 bits per heavy atom. The number of hydrogen-bond acceptors (Lipinski definition) is 8. The molecule has 26 heavy (non-hydrogen) atoms. The number of carbonyl (C=O) groups excluding carboxylic acids is 1. The molecule has 134 valence electrons. The van der Waals surface area contributed by atoms with Crippen molar-refractivity contribution in [3.63, 3.8) is 0 Å². The van der Waals surface area contributed by atoms with E-state index in [0.717, 1.165) is 17.1 Å². The highest BCUT2D eigenvalue weighted by atomic mass is 32.2. The SMILES string of the molecule is COC(=O)C1Cc2nc[nH]c2CN1Cc1ccc(Sc2ncccn2)o1. The third kappa shape index (κ3) is 3.49. The van der Waals surface area contributed by atoms with Crippen LogP contribution in [0.1, 0.15) is 17.1 Å². The molecule has 4 heterocycles. The van der Waals surface area contributed by atoms with Crippen LogP contribution in [-0.2, 0) is 29.0 Å². The van der Waals surface area contributed by atoms with Crippen LogP contribution in [0.5, 0.6) is 0 Å². The van der Waals surface area contributed by atoms with Crippen LogP contribution in [0, 0.1) is 0 Å². The van der Waals surface area contributed by atoms with Crippen molar-refractivity contribution in [2.75, 3.05) is 7.11 Å². The van der Waals surface area contributed by atoms with Crippen LogP contribution >= 0.6 is 11.8 Å². The van der Waals surface area contributed by atoms with E-state index in [0.29, 0.717) is 29.8 Å². The van der Waals surface area contributed by atoms with Crippen molar-refractivity contribution >= 4 is 17.7 Å². The molecule has 8 nitrogen and oxygen atoms in total. The second-order valence-electron chi connectivity index (χ2n) is 5.83. The molecule has 9 heteroatoms. The summed E-state index contributed by atoms with van der Waals surface area (Å²) in [6, 6.07) is 5.18. The monoisotopic (exact) mass is 371 g/mol. The Bertz CT molecular complexity index is 895. The van der Waals surface area contributed by atoms with Crippen molar-refractivity contribution in [1.29, 1.82) is 0 Å². The van der Waals surface area contributed by atoms with Crippen molar-refractivity contribution in [3.8, 4) is 0 Å².